The number of H-pyrrole nitrogens is 1. The lowest BCUT2D eigenvalue weighted by atomic mass is 10.1. The maximum atomic E-state index is 10.8. The lowest BCUT2D eigenvalue weighted by Crippen LogP contribution is -2.23. The number of nitrogens with zero attached hydrogens (tertiary/aromatic N) is 2. The van der Waals surface area contributed by atoms with Gasteiger partial charge in [-0.1, -0.05) is 12.8 Å². The third-order valence-electron chi connectivity index (χ3n) is 4.05. The van der Waals surface area contributed by atoms with Crippen LogP contribution in [0.1, 0.15) is 31.2 Å². The van der Waals surface area contributed by atoms with Crippen LogP contribution in [0.4, 0.5) is 5.69 Å². The van der Waals surface area contributed by atoms with Gasteiger partial charge in [0.1, 0.15) is 0 Å². The Morgan fingerprint density at radius 1 is 1.20 bits per heavy atom. The van der Waals surface area contributed by atoms with Gasteiger partial charge in [0.25, 0.3) is 5.69 Å². The Balaban J connectivity index is 1.83. The molecule has 106 valence electrons. The first-order valence-electron chi connectivity index (χ1n) is 7.21. The largest absolute Gasteiger partial charge is 0.361 e. The lowest BCUT2D eigenvalue weighted by Gasteiger charge is -2.19. The number of fused-ring (bicyclic) bond motifs is 1. The normalized spacial score (nSPS) is 17.2. The van der Waals surface area contributed by atoms with Gasteiger partial charge in [0.15, 0.2) is 0 Å². The number of likely N-dealkylation sites (tertiary alicyclic amines) is 1. The van der Waals surface area contributed by atoms with Gasteiger partial charge in [-0.25, -0.2) is 0 Å². The molecule has 0 spiro atoms. The minimum Gasteiger partial charge on any atom is -0.361 e. The van der Waals surface area contributed by atoms with Crippen molar-refractivity contribution in [3.8, 4) is 0 Å². The number of rotatable bonds is 3. The molecule has 0 unspecified atom stereocenters. The summed E-state index contributed by atoms with van der Waals surface area (Å²) in [7, 11) is 0. The average Bonchev–Trinajstić information content (AvgIpc) is 2.66. The Labute approximate surface area is 117 Å². The van der Waals surface area contributed by atoms with Gasteiger partial charge in [-0.15, -0.1) is 0 Å². The summed E-state index contributed by atoms with van der Waals surface area (Å²) in [6, 6.07) is 5.06. The first-order chi connectivity index (χ1) is 9.74. The number of hydrogen-bond acceptors (Lipinski definition) is 3. The monoisotopic (exact) mass is 273 g/mol. The molecular formula is C15H19N3O2. The Kier molecular flexibility index (Phi) is 3.69. The number of nitro groups is 1. The molecule has 1 N–H and O–H groups in total. The van der Waals surface area contributed by atoms with Crippen molar-refractivity contribution in [2.45, 2.75) is 32.2 Å². The standard InChI is InChI=1S/C15H19N3O2/c19-18(20)13-5-6-14-12(10-16-15(14)9-13)11-17-7-3-1-2-4-8-17/h5-6,9-10,16H,1-4,7-8,11H2. The number of hydrogen-bond donors (Lipinski definition) is 1. The molecule has 0 radical (unpaired) electrons. The van der Waals surface area contributed by atoms with Gasteiger partial charge in [0.2, 0.25) is 0 Å². The highest BCUT2D eigenvalue weighted by atomic mass is 16.6. The van der Waals surface area contributed by atoms with E-state index in [1.54, 1.807) is 12.1 Å². The maximum absolute atomic E-state index is 10.8. The molecule has 5 nitrogen and oxygen atoms in total. The number of non-ortho nitro benzene ring substituents is 1. The lowest BCUT2D eigenvalue weighted by molar-refractivity contribution is -0.384. The van der Waals surface area contributed by atoms with Crippen LogP contribution in [0, 0.1) is 10.1 Å². The number of nitro benzene ring substituents is 1. The summed E-state index contributed by atoms with van der Waals surface area (Å²) in [4.78, 5) is 16.1. The summed E-state index contributed by atoms with van der Waals surface area (Å²) in [6.45, 7) is 3.23. The number of benzene rings is 1. The third kappa shape index (κ3) is 2.67. The number of aromatic amines is 1. The molecule has 1 fully saturated rings. The topological polar surface area (TPSA) is 62.2 Å². The van der Waals surface area contributed by atoms with E-state index in [2.05, 4.69) is 9.88 Å². The van der Waals surface area contributed by atoms with E-state index < -0.39 is 0 Å². The van der Waals surface area contributed by atoms with Crippen LogP contribution in [-0.2, 0) is 6.54 Å². The highest BCUT2D eigenvalue weighted by Crippen LogP contribution is 2.25. The number of aromatic nitrogens is 1. The van der Waals surface area contributed by atoms with Crippen molar-refractivity contribution in [1.82, 2.24) is 9.88 Å². The van der Waals surface area contributed by atoms with E-state index >= 15 is 0 Å². The third-order valence-corrected chi connectivity index (χ3v) is 4.05. The van der Waals surface area contributed by atoms with E-state index in [1.807, 2.05) is 12.3 Å². The first kappa shape index (κ1) is 13.1. The molecule has 2 heterocycles. The summed E-state index contributed by atoms with van der Waals surface area (Å²) in [5.41, 5.74) is 2.22. The molecule has 1 aliphatic rings. The Bertz CT molecular complexity index is 613. The van der Waals surface area contributed by atoms with Gasteiger partial charge < -0.3 is 4.98 Å². The first-order valence-corrected chi connectivity index (χ1v) is 7.21. The van der Waals surface area contributed by atoms with E-state index in [0.717, 1.165) is 30.5 Å². The predicted octanol–water partition coefficient (Wildman–Crippen LogP) is 3.45. The molecule has 1 aromatic carbocycles. The minimum absolute atomic E-state index is 0.140. The molecule has 0 amide bonds. The molecule has 1 aromatic heterocycles. The highest BCUT2D eigenvalue weighted by Gasteiger charge is 2.14. The van der Waals surface area contributed by atoms with Crippen molar-refractivity contribution >= 4 is 16.6 Å². The van der Waals surface area contributed by atoms with Crippen LogP contribution in [0.25, 0.3) is 10.9 Å². The second-order valence-corrected chi connectivity index (χ2v) is 5.49. The van der Waals surface area contributed by atoms with Crippen molar-refractivity contribution in [3.05, 3.63) is 40.1 Å². The second-order valence-electron chi connectivity index (χ2n) is 5.49. The fraction of sp³-hybridized carbons (Fsp3) is 0.467. The summed E-state index contributed by atoms with van der Waals surface area (Å²) in [5.74, 6) is 0. The molecule has 1 aliphatic heterocycles. The molecule has 0 saturated carbocycles. The van der Waals surface area contributed by atoms with Crippen molar-refractivity contribution in [2.24, 2.45) is 0 Å². The highest BCUT2D eigenvalue weighted by molar-refractivity contribution is 5.85. The van der Waals surface area contributed by atoms with Gasteiger partial charge >= 0.3 is 0 Å². The molecular weight excluding hydrogens is 254 g/mol. The van der Waals surface area contributed by atoms with E-state index in [1.165, 1.54) is 31.2 Å². The fourth-order valence-corrected chi connectivity index (χ4v) is 2.95. The van der Waals surface area contributed by atoms with Gasteiger partial charge in [0.05, 0.1) is 10.4 Å². The molecule has 0 aliphatic carbocycles. The smallest absolute Gasteiger partial charge is 0.271 e. The van der Waals surface area contributed by atoms with E-state index in [0.29, 0.717) is 0 Å². The van der Waals surface area contributed by atoms with E-state index in [4.69, 9.17) is 0 Å². The van der Waals surface area contributed by atoms with Crippen LogP contribution in [0.2, 0.25) is 0 Å². The molecule has 1 saturated heterocycles. The van der Waals surface area contributed by atoms with Crippen LogP contribution >= 0.6 is 0 Å². The van der Waals surface area contributed by atoms with Crippen molar-refractivity contribution < 1.29 is 4.92 Å². The van der Waals surface area contributed by atoms with Crippen molar-refractivity contribution in [3.63, 3.8) is 0 Å². The Morgan fingerprint density at radius 3 is 2.65 bits per heavy atom. The van der Waals surface area contributed by atoms with Gasteiger partial charge in [0, 0.05) is 30.3 Å². The van der Waals surface area contributed by atoms with Gasteiger partial charge in [-0.3, -0.25) is 15.0 Å². The van der Waals surface area contributed by atoms with Crippen LogP contribution in [0.5, 0.6) is 0 Å². The molecule has 5 heteroatoms. The van der Waals surface area contributed by atoms with Crippen molar-refractivity contribution in [1.29, 1.82) is 0 Å². The number of nitrogens with one attached hydrogen (secondary N) is 1. The quantitative estimate of drug-likeness (QED) is 0.688. The van der Waals surface area contributed by atoms with Crippen LogP contribution in [0.15, 0.2) is 24.4 Å². The fourth-order valence-electron chi connectivity index (χ4n) is 2.95. The Morgan fingerprint density at radius 2 is 1.95 bits per heavy atom. The SMILES string of the molecule is O=[N+]([O-])c1ccc2c(CN3CCCCCC3)c[nH]c2c1. The van der Waals surface area contributed by atoms with Gasteiger partial charge in [-0.2, -0.15) is 0 Å². The van der Waals surface area contributed by atoms with E-state index in [9.17, 15) is 10.1 Å². The van der Waals surface area contributed by atoms with Gasteiger partial charge in [-0.05, 0) is 37.6 Å². The summed E-state index contributed by atoms with van der Waals surface area (Å²) >= 11 is 0. The average molecular weight is 273 g/mol. The van der Waals surface area contributed by atoms with Crippen LogP contribution < -0.4 is 0 Å². The summed E-state index contributed by atoms with van der Waals surface area (Å²) in [5, 5.41) is 11.9. The summed E-state index contributed by atoms with van der Waals surface area (Å²) < 4.78 is 0. The maximum Gasteiger partial charge on any atom is 0.271 e. The molecule has 3 rings (SSSR count). The van der Waals surface area contributed by atoms with Crippen LogP contribution in [-0.4, -0.2) is 27.9 Å². The van der Waals surface area contributed by atoms with E-state index in [-0.39, 0.29) is 10.6 Å². The zero-order valence-electron chi connectivity index (χ0n) is 11.5. The zero-order valence-corrected chi connectivity index (χ0v) is 11.5. The molecule has 20 heavy (non-hydrogen) atoms. The Hall–Kier alpha value is -1.88. The molecule has 0 atom stereocenters. The van der Waals surface area contributed by atoms with Crippen LogP contribution in [0.3, 0.4) is 0 Å². The molecule has 2 aromatic rings. The minimum atomic E-state index is -0.352. The van der Waals surface area contributed by atoms with Crippen molar-refractivity contribution in [2.75, 3.05) is 13.1 Å². The summed E-state index contributed by atoms with van der Waals surface area (Å²) in [6.07, 6.45) is 7.19. The predicted molar refractivity (Wildman–Crippen MR) is 78.7 cm³/mol. The second kappa shape index (κ2) is 5.63. The molecule has 0 bridgehead atoms. The zero-order chi connectivity index (χ0) is 13.9.